The average Bonchev–Trinajstić information content (AvgIpc) is 3.20. The van der Waals surface area contributed by atoms with Gasteiger partial charge in [0, 0.05) is 30.5 Å². The Morgan fingerprint density at radius 2 is 2.08 bits per heavy atom. The van der Waals surface area contributed by atoms with Gasteiger partial charge in [0.15, 0.2) is 0 Å². The highest BCUT2D eigenvalue weighted by Crippen LogP contribution is 2.29. The highest BCUT2D eigenvalue weighted by atomic mass is 16.2. The van der Waals surface area contributed by atoms with Gasteiger partial charge in [-0.2, -0.15) is 0 Å². The van der Waals surface area contributed by atoms with E-state index in [1.165, 1.54) is 11.1 Å². The number of aryl methyl sites for hydroxylation is 2. The summed E-state index contributed by atoms with van der Waals surface area (Å²) in [5.41, 5.74) is 6.28. The zero-order valence-corrected chi connectivity index (χ0v) is 14.4. The first-order valence-electron chi connectivity index (χ1n) is 8.36. The lowest BCUT2D eigenvalue weighted by atomic mass is 10.1. The van der Waals surface area contributed by atoms with E-state index >= 15 is 0 Å². The fourth-order valence-electron chi connectivity index (χ4n) is 3.32. The number of imidazole rings is 1. The Morgan fingerprint density at radius 1 is 1.20 bits per heavy atom. The van der Waals surface area contributed by atoms with E-state index in [9.17, 15) is 4.79 Å². The van der Waals surface area contributed by atoms with Gasteiger partial charge in [0.25, 0.3) is 0 Å². The number of anilines is 2. The first-order valence-corrected chi connectivity index (χ1v) is 8.36. The molecule has 2 heterocycles. The van der Waals surface area contributed by atoms with Crippen molar-refractivity contribution in [3.05, 3.63) is 66.1 Å². The Kier molecular flexibility index (Phi) is 3.76. The van der Waals surface area contributed by atoms with Crippen molar-refractivity contribution in [3.8, 4) is 11.3 Å². The number of benzene rings is 2. The largest absolute Gasteiger partial charge is 0.334 e. The van der Waals surface area contributed by atoms with Gasteiger partial charge in [0.2, 0.25) is 0 Å². The van der Waals surface area contributed by atoms with E-state index in [4.69, 9.17) is 0 Å². The lowest BCUT2D eigenvalue weighted by molar-refractivity contribution is 0.257. The first-order chi connectivity index (χ1) is 12.1. The molecule has 0 spiro atoms. The molecule has 5 nitrogen and oxygen atoms in total. The molecule has 0 fully saturated rings. The van der Waals surface area contributed by atoms with Crippen LogP contribution in [0.4, 0.5) is 16.2 Å². The Bertz CT molecular complexity index is 944. The Balaban J connectivity index is 1.56. The summed E-state index contributed by atoms with van der Waals surface area (Å²) in [5.74, 6) is 0. The summed E-state index contributed by atoms with van der Waals surface area (Å²) in [6.45, 7) is 2.79. The Labute approximate surface area is 146 Å². The Hall–Kier alpha value is -3.08. The molecule has 0 aliphatic carbocycles. The molecule has 1 aliphatic heterocycles. The number of fused-ring (bicyclic) bond motifs is 1. The molecule has 126 valence electrons. The number of nitrogens with one attached hydrogen (secondary N) is 1. The minimum absolute atomic E-state index is 0.0928. The second kappa shape index (κ2) is 6.09. The van der Waals surface area contributed by atoms with Crippen molar-refractivity contribution < 1.29 is 4.79 Å². The maximum atomic E-state index is 12.7. The molecule has 0 bridgehead atoms. The number of hydrogen-bond donors (Lipinski definition) is 1. The van der Waals surface area contributed by atoms with E-state index < -0.39 is 0 Å². The van der Waals surface area contributed by atoms with Crippen LogP contribution in [0.15, 0.2) is 55.0 Å². The van der Waals surface area contributed by atoms with Gasteiger partial charge >= 0.3 is 6.03 Å². The lowest BCUT2D eigenvalue weighted by Crippen LogP contribution is -2.33. The van der Waals surface area contributed by atoms with E-state index in [1.54, 1.807) is 6.33 Å². The summed E-state index contributed by atoms with van der Waals surface area (Å²) in [6.07, 6.45) is 4.49. The zero-order valence-electron chi connectivity index (χ0n) is 14.4. The second-order valence-electron chi connectivity index (χ2n) is 6.43. The summed E-state index contributed by atoms with van der Waals surface area (Å²) in [5, 5.41) is 3.02. The third kappa shape index (κ3) is 2.89. The van der Waals surface area contributed by atoms with Gasteiger partial charge in [-0.3, -0.25) is 4.90 Å². The van der Waals surface area contributed by atoms with E-state index in [-0.39, 0.29) is 6.03 Å². The van der Waals surface area contributed by atoms with Gasteiger partial charge < -0.3 is 9.88 Å². The fraction of sp³-hybridized carbons (Fsp3) is 0.200. The summed E-state index contributed by atoms with van der Waals surface area (Å²) in [4.78, 5) is 18.7. The average molecular weight is 332 g/mol. The van der Waals surface area contributed by atoms with Gasteiger partial charge in [-0.05, 0) is 37.1 Å². The second-order valence-corrected chi connectivity index (χ2v) is 6.43. The predicted octanol–water partition coefficient (Wildman–Crippen LogP) is 3.99. The smallest absolute Gasteiger partial charge is 0.326 e. The minimum atomic E-state index is -0.0928. The van der Waals surface area contributed by atoms with Crippen LogP contribution in [-0.2, 0) is 13.5 Å². The van der Waals surface area contributed by atoms with Gasteiger partial charge in [0.05, 0.1) is 18.2 Å². The number of carbonyl (C=O) groups excluding carboxylic acids is 1. The summed E-state index contributed by atoms with van der Waals surface area (Å²) in [7, 11) is 1.96. The van der Waals surface area contributed by atoms with Crippen LogP contribution in [0.2, 0.25) is 0 Å². The molecule has 1 aromatic heterocycles. The monoisotopic (exact) mass is 332 g/mol. The molecule has 0 saturated heterocycles. The molecule has 1 aliphatic rings. The topological polar surface area (TPSA) is 50.2 Å². The normalized spacial score (nSPS) is 13.0. The minimum Gasteiger partial charge on any atom is -0.334 e. The molecule has 0 saturated carbocycles. The SMILES string of the molecule is Cc1ccc2c(c1)CCN2C(=O)Nc1cccc(-c2cncn2C)c1. The van der Waals surface area contributed by atoms with E-state index in [1.807, 2.05) is 59.1 Å². The van der Waals surface area contributed by atoms with E-state index in [0.717, 1.165) is 29.1 Å². The lowest BCUT2D eigenvalue weighted by Gasteiger charge is -2.18. The molecule has 5 heteroatoms. The van der Waals surface area contributed by atoms with Crippen molar-refractivity contribution in [1.29, 1.82) is 0 Å². The number of aromatic nitrogens is 2. The van der Waals surface area contributed by atoms with Crippen molar-refractivity contribution in [2.75, 3.05) is 16.8 Å². The quantitative estimate of drug-likeness (QED) is 0.771. The van der Waals surface area contributed by atoms with Crippen LogP contribution in [0.1, 0.15) is 11.1 Å². The van der Waals surface area contributed by atoms with Crippen molar-refractivity contribution in [3.63, 3.8) is 0 Å². The molecular formula is C20H20N4O. The molecule has 0 unspecified atom stereocenters. The fourth-order valence-corrected chi connectivity index (χ4v) is 3.32. The first kappa shape index (κ1) is 15.4. The standard InChI is InChI=1S/C20H20N4O/c1-14-6-7-18-16(10-14)8-9-24(18)20(25)22-17-5-3-4-15(11-17)19-12-21-13-23(19)2/h3-7,10-13H,8-9H2,1-2H3,(H,22,25). The van der Waals surface area contributed by atoms with Crippen LogP contribution in [0.25, 0.3) is 11.3 Å². The van der Waals surface area contributed by atoms with Crippen molar-refractivity contribution in [1.82, 2.24) is 9.55 Å². The number of hydrogen-bond acceptors (Lipinski definition) is 2. The molecule has 4 rings (SSSR count). The van der Waals surface area contributed by atoms with Crippen LogP contribution in [0.5, 0.6) is 0 Å². The third-order valence-corrected chi connectivity index (χ3v) is 4.60. The number of carbonyl (C=O) groups is 1. The van der Waals surface area contributed by atoms with Crippen LogP contribution >= 0.6 is 0 Å². The van der Waals surface area contributed by atoms with Gasteiger partial charge in [-0.25, -0.2) is 9.78 Å². The van der Waals surface area contributed by atoms with Gasteiger partial charge in [-0.1, -0.05) is 29.8 Å². The molecule has 25 heavy (non-hydrogen) atoms. The molecule has 3 aromatic rings. The van der Waals surface area contributed by atoms with Crippen LogP contribution in [0.3, 0.4) is 0 Å². The highest BCUT2D eigenvalue weighted by molar-refractivity contribution is 6.03. The highest BCUT2D eigenvalue weighted by Gasteiger charge is 2.24. The number of urea groups is 1. The molecule has 0 atom stereocenters. The summed E-state index contributed by atoms with van der Waals surface area (Å²) >= 11 is 0. The summed E-state index contributed by atoms with van der Waals surface area (Å²) in [6, 6.07) is 14.0. The van der Waals surface area contributed by atoms with Crippen LogP contribution < -0.4 is 10.2 Å². The van der Waals surface area contributed by atoms with Crippen molar-refractivity contribution in [2.24, 2.45) is 7.05 Å². The van der Waals surface area contributed by atoms with Crippen molar-refractivity contribution in [2.45, 2.75) is 13.3 Å². The predicted molar refractivity (Wildman–Crippen MR) is 99.9 cm³/mol. The third-order valence-electron chi connectivity index (χ3n) is 4.60. The number of nitrogens with zero attached hydrogens (tertiary/aromatic N) is 3. The summed E-state index contributed by atoms with van der Waals surface area (Å²) < 4.78 is 1.96. The van der Waals surface area contributed by atoms with E-state index in [2.05, 4.69) is 23.3 Å². The molecule has 2 aromatic carbocycles. The van der Waals surface area contributed by atoms with Crippen LogP contribution in [0, 0.1) is 6.92 Å². The zero-order chi connectivity index (χ0) is 17.4. The molecule has 2 amide bonds. The maximum Gasteiger partial charge on any atom is 0.326 e. The number of amides is 2. The van der Waals surface area contributed by atoms with Crippen LogP contribution in [-0.4, -0.2) is 22.1 Å². The van der Waals surface area contributed by atoms with E-state index in [0.29, 0.717) is 6.54 Å². The maximum absolute atomic E-state index is 12.7. The van der Waals surface area contributed by atoms with Gasteiger partial charge in [0.1, 0.15) is 0 Å². The Morgan fingerprint density at radius 3 is 2.88 bits per heavy atom. The van der Waals surface area contributed by atoms with Gasteiger partial charge in [-0.15, -0.1) is 0 Å². The van der Waals surface area contributed by atoms with Crippen molar-refractivity contribution >= 4 is 17.4 Å². The number of rotatable bonds is 2. The molecule has 0 radical (unpaired) electrons. The molecular weight excluding hydrogens is 312 g/mol. The molecule has 1 N–H and O–H groups in total.